The van der Waals surface area contributed by atoms with Crippen molar-refractivity contribution in [3.05, 3.63) is 42.4 Å². The predicted octanol–water partition coefficient (Wildman–Crippen LogP) is 1.83. The molecule has 1 fully saturated rings. The molecule has 120 valence electrons. The molecule has 4 rings (SSSR count). The quantitative estimate of drug-likeness (QED) is 0.765. The SMILES string of the molecule is N#Cc1ccn2ncc(-c3nccc(NC4CCCNC4)n3)c2c1. The fraction of sp³-hybridized carbons (Fsp3) is 0.294. The molecule has 7 heteroatoms. The van der Waals surface area contributed by atoms with E-state index in [0.717, 1.165) is 36.4 Å². The van der Waals surface area contributed by atoms with Gasteiger partial charge in [0.05, 0.1) is 28.9 Å². The van der Waals surface area contributed by atoms with Gasteiger partial charge in [-0.1, -0.05) is 0 Å². The monoisotopic (exact) mass is 319 g/mol. The van der Waals surface area contributed by atoms with Gasteiger partial charge < -0.3 is 10.6 Å². The van der Waals surface area contributed by atoms with Gasteiger partial charge in [0.15, 0.2) is 5.82 Å². The van der Waals surface area contributed by atoms with Gasteiger partial charge in [-0.2, -0.15) is 10.4 Å². The van der Waals surface area contributed by atoms with E-state index in [9.17, 15) is 0 Å². The van der Waals surface area contributed by atoms with Crippen molar-refractivity contribution in [1.29, 1.82) is 5.26 Å². The summed E-state index contributed by atoms with van der Waals surface area (Å²) in [5.41, 5.74) is 2.23. The van der Waals surface area contributed by atoms with E-state index in [1.54, 1.807) is 35.2 Å². The summed E-state index contributed by atoms with van der Waals surface area (Å²) in [7, 11) is 0. The molecule has 1 aliphatic rings. The molecular formula is C17H17N7. The van der Waals surface area contributed by atoms with Gasteiger partial charge in [-0.3, -0.25) is 0 Å². The van der Waals surface area contributed by atoms with Crippen molar-refractivity contribution < 1.29 is 0 Å². The van der Waals surface area contributed by atoms with Crippen LogP contribution in [0, 0.1) is 11.3 Å². The first-order valence-electron chi connectivity index (χ1n) is 8.01. The minimum Gasteiger partial charge on any atom is -0.366 e. The summed E-state index contributed by atoms with van der Waals surface area (Å²) in [4.78, 5) is 9.01. The number of hydrogen-bond acceptors (Lipinski definition) is 6. The van der Waals surface area contributed by atoms with Crippen molar-refractivity contribution in [1.82, 2.24) is 24.9 Å². The van der Waals surface area contributed by atoms with Crippen molar-refractivity contribution in [2.75, 3.05) is 18.4 Å². The molecule has 0 aliphatic carbocycles. The van der Waals surface area contributed by atoms with Crippen LogP contribution < -0.4 is 10.6 Å². The fourth-order valence-electron chi connectivity index (χ4n) is 2.98. The van der Waals surface area contributed by atoms with E-state index in [4.69, 9.17) is 5.26 Å². The molecule has 0 saturated carbocycles. The first kappa shape index (κ1) is 14.6. The van der Waals surface area contributed by atoms with Crippen molar-refractivity contribution in [3.63, 3.8) is 0 Å². The van der Waals surface area contributed by atoms with E-state index in [0.29, 0.717) is 17.4 Å². The third-order valence-corrected chi connectivity index (χ3v) is 4.20. The summed E-state index contributed by atoms with van der Waals surface area (Å²) in [6, 6.07) is 7.95. The molecule has 1 atom stereocenters. The normalized spacial score (nSPS) is 17.5. The lowest BCUT2D eigenvalue weighted by Crippen LogP contribution is -2.38. The Labute approximate surface area is 139 Å². The van der Waals surface area contributed by atoms with Crippen LogP contribution in [0.5, 0.6) is 0 Å². The number of anilines is 1. The average molecular weight is 319 g/mol. The summed E-state index contributed by atoms with van der Waals surface area (Å²) in [5, 5.41) is 20.3. The number of hydrogen-bond donors (Lipinski definition) is 2. The van der Waals surface area contributed by atoms with Crippen LogP contribution in [-0.2, 0) is 0 Å². The topological polar surface area (TPSA) is 90.9 Å². The van der Waals surface area contributed by atoms with Crippen LogP contribution in [0.2, 0.25) is 0 Å². The Morgan fingerprint density at radius 1 is 1.38 bits per heavy atom. The smallest absolute Gasteiger partial charge is 0.165 e. The third kappa shape index (κ3) is 2.79. The number of pyridine rings is 1. The summed E-state index contributed by atoms with van der Waals surface area (Å²) in [5.74, 6) is 1.42. The fourth-order valence-corrected chi connectivity index (χ4v) is 2.98. The van der Waals surface area contributed by atoms with Crippen LogP contribution in [0.15, 0.2) is 36.8 Å². The van der Waals surface area contributed by atoms with Crippen LogP contribution >= 0.6 is 0 Å². The average Bonchev–Trinajstić information content (AvgIpc) is 3.06. The van der Waals surface area contributed by atoms with Gasteiger partial charge in [-0.15, -0.1) is 0 Å². The molecule has 24 heavy (non-hydrogen) atoms. The van der Waals surface area contributed by atoms with Crippen LogP contribution in [0.4, 0.5) is 5.82 Å². The second-order valence-corrected chi connectivity index (χ2v) is 5.87. The Hall–Kier alpha value is -2.98. The van der Waals surface area contributed by atoms with E-state index in [-0.39, 0.29) is 0 Å². The highest BCUT2D eigenvalue weighted by atomic mass is 15.2. The highest BCUT2D eigenvalue weighted by Crippen LogP contribution is 2.23. The molecule has 0 aromatic carbocycles. The third-order valence-electron chi connectivity index (χ3n) is 4.20. The van der Waals surface area contributed by atoms with Gasteiger partial charge in [0.2, 0.25) is 0 Å². The maximum absolute atomic E-state index is 9.10. The Bertz CT molecular complexity index is 903. The van der Waals surface area contributed by atoms with Crippen LogP contribution in [0.1, 0.15) is 18.4 Å². The summed E-state index contributed by atoms with van der Waals surface area (Å²) >= 11 is 0. The molecule has 0 radical (unpaired) electrons. The second kappa shape index (κ2) is 6.26. The van der Waals surface area contributed by atoms with Crippen molar-refractivity contribution in [2.45, 2.75) is 18.9 Å². The zero-order valence-corrected chi connectivity index (χ0v) is 13.1. The van der Waals surface area contributed by atoms with Crippen LogP contribution in [0.25, 0.3) is 16.9 Å². The highest BCUT2D eigenvalue weighted by Gasteiger charge is 2.15. The molecular weight excluding hydrogens is 302 g/mol. The van der Waals surface area contributed by atoms with Gasteiger partial charge in [-0.05, 0) is 37.6 Å². The van der Waals surface area contributed by atoms with E-state index in [2.05, 4.69) is 31.8 Å². The molecule has 4 heterocycles. The number of nitrogens with zero attached hydrogens (tertiary/aromatic N) is 5. The molecule has 3 aromatic heterocycles. The number of nitriles is 1. The Balaban J connectivity index is 1.67. The Morgan fingerprint density at radius 3 is 3.17 bits per heavy atom. The molecule has 0 spiro atoms. The zero-order chi connectivity index (χ0) is 16.4. The molecule has 1 aliphatic heterocycles. The highest BCUT2D eigenvalue weighted by molar-refractivity contribution is 5.77. The van der Waals surface area contributed by atoms with Crippen molar-refractivity contribution in [3.8, 4) is 17.5 Å². The minimum absolute atomic E-state index is 0.385. The molecule has 1 saturated heterocycles. The van der Waals surface area contributed by atoms with Crippen molar-refractivity contribution in [2.24, 2.45) is 0 Å². The van der Waals surface area contributed by atoms with Crippen LogP contribution in [0.3, 0.4) is 0 Å². The lowest BCUT2D eigenvalue weighted by molar-refractivity contribution is 0.479. The van der Waals surface area contributed by atoms with Gasteiger partial charge in [0.25, 0.3) is 0 Å². The van der Waals surface area contributed by atoms with E-state index >= 15 is 0 Å². The predicted molar refractivity (Wildman–Crippen MR) is 90.4 cm³/mol. The first-order valence-corrected chi connectivity index (χ1v) is 8.01. The van der Waals surface area contributed by atoms with E-state index in [1.165, 1.54) is 6.42 Å². The molecule has 0 amide bonds. The maximum atomic E-state index is 9.10. The molecule has 7 nitrogen and oxygen atoms in total. The molecule has 1 unspecified atom stereocenters. The lowest BCUT2D eigenvalue weighted by atomic mass is 10.1. The van der Waals surface area contributed by atoms with Gasteiger partial charge in [-0.25, -0.2) is 14.5 Å². The molecule has 3 aromatic rings. The standard InChI is InChI=1S/C17H17N7/c18-9-12-4-7-24-15(8-12)14(11-21-24)17-20-6-3-16(23-17)22-13-2-1-5-19-10-13/h3-4,6-8,11,13,19H,1-2,5,10H2,(H,20,22,23). The number of rotatable bonds is 3. The van der Waals surface area contributed by atoms with Gasteiger partial charge >= 0.3 is 0 Å². The summed E-state index contributed by atoms with van der Waals surface area (Å²) in [6.07, 6.45) is 7.55. The van der Waals surface area contributed by atoms with E-state index < -0.39 is 0 Å². The number of fused-ring (bicyclic) bond motifs is 1. The minimum atomic E-state index is 0.385. The number of aromatic nitrogens is 4. The Kier molecular flexibility index (Phi) is 3.81. The summed E-state index contributed by atoms with van der Waals surface area (Å²) < 4.78 is 1.73. The lowest BCUT2D eigenvalue weighted by Gasteiger charge is -2.24. The Morgan fingerprint density at radius 2 is 2.33 bits per heavy atom. The largest absolute Gasteiger partial charge is 0.366 e. The van der Waals surface area contributed by atoms with Crippen LogP contribution in [-0.4, -0.2) is 38.7 Å². The number of nitrogens with one attached hydrogen (secondary N) is 2. The zero-order valence-electron chi connectivity index (χ0n) is 13.1. The second-order valence-electron chi connectivity index (χ2n) is 5.87. The van der Waals surface area contributed by atoms with E-state index in [1.807, 2.05) is 6.07 Å². The summed E-state index contributed by atoms with van der Waals surface area (Å²) in [6.45, 7) is 2.03. The first-order chi connectivity index (χ1) is 11.8. The van der Waals surface area contributed by atoms with Crippen molar-refractivity contribution >= 4 is 11.3 Å². The van der Waals surface area contributed by atoms with Gasteiger partial charge in [0.1, 0.15) is 5.82 Å². The maximum Gasteiger partial charge on any atom is 0.165 e. The number of piperidine rings is 1. The molecule has 0 bridgehead atoms. The van der Waals surface area contributed by atoms with Gasteiger partial charge in [0, 0.05) is 25.0 Å². The molecule has 2 N–H and O–H groups in total.